The molecule has 11 aromatic carbocycles. The van der Waals surface area contributed by atoms with Crippen LogP contribution in [0.3, 0.4) is 0 Å². The summed E-state index contributed by atoms with van der Waals surface area (Å²) in [5.74, 6) is -2.20. The predicted octanol–water partition coefficient (Wildman–Crippen LogP) is 21.0. The van der Waals surface area contributed by atoms with E-state index in [1.54, 1.807) is 83.1 Å². The fraction of sp³-hybridized carbons (Fsp3) is 0.208. The number of imide groups is 2. The first-order chi connectivity index (χ1) is 55.7. The zero-order valence-electron chi connectivity index (χ0n) is 64.3. The van der Waals surface area contributed by atoms with Gasteiger partial charge in [-0.1, -0.05) is 138 Å². The van der Waals surface area contributed by atoms with Gasteiger partial charge < -0.3 is 38.7 Å². The van der Waals surface area contributed by atoms with Gasteiger partial charge in [0.1, 0.15) is 58.1 Å². The van der Waals surface area contributed by atoms with E-state index in [0.717, 1.165) is 105 Å². The monoisotopic (exact) mass is 1510 g/mol. The molecule has 15 aromatic rings. The Kier molecular flexibility index (Phi) is 19.9. The van der Waals surface area contributed by atoms with Gasteiger partial charge in [-0.25, -0.2) is 0 Å². The van der Waals surface area contributed by atoms with E-state index in [4.69, 9.17) is 18.9 Å². The molecule has 18 nitrogen and oxygen atoms in total. The summed E-state index contributed by atoms with van der Waals surface area (Å²) >= 11 is 0. The molecule has 114 heavy (non-hydrogen) atoms. The SMILES string of the molecule is CCCc1ccc(Oc2cc3c4c(cc(Oc5ccc(CCC)cc5)c5c6c(Oc7ccc(CCC)cc7)cc7c8c(cc(Oc9ccc(CCC)cc9)c(c2c45)c86)C(=O)N(C(Cc2cc4ccccc4[nH]2)C(=O)N(CC)c2ccncc2)C7=O)C(=O)N(C(Cc2cc4ccccc4[nH]2)C(=O)N(CC)c2ccncc2)C3=O)cc1. The van der Waals surface area contributed by atoms with Crippen LogP contribution in [0, 0.1) is 0 Å². The molecule has 6 heterocycles. The molecule has 4 aromatic heterocycles. The van der Waals surface area contributed by atoms with E-state index >= 15 is 28.8 Å². The molecule has 17 rings (SSSR count). The van der Waals surface area contributed by atoms with Gasteiger partial charge in [-0.15, -0.1) is 0 Å². The van der Waals surface area contributed by atoms with E-state index in [-0.39, 0.29) is 82.0 Å². The van der Waals surface area contributed by atoms with Gasteiger partial charge in [-0.2, -0.15) is 0 Å². The summed E-state index contributed by atoms with van der Waals surface area (Å²) in [5, 5.41) is 4.03. The second kappa shape index (κ2) is 31.0. The number of nitrogens with one attached hydrogen (secondary N) is 2. The fourth-order valence-corrected chi connectivity index (χ4v) is 16.8. The first kappa shape index (κ1) is 73.3. The average Bonchev–Trinajstić information content (AvgIpc) is 0.717. The molecule has 2 aliphatic rings. The Balaban J connectivity index is 0.999. The molecule has 0 spiro atoms. The maximum atomic E-state index is 17.0. The number of hydrogen-bond donors (Lipinski definition) is 2. The molecule has 0 aliphatic carbocycles. The molecular formula is C96H84N8O10. The molecule has 568 valence electrons. The van der Waals surface area contributed by atoms with Crippen molar-refractivity contribution in [3.63, 3.8) is 0 Å². The number of hydrogen-bond acceptors (Lipinski definition) is 12. The van der Waals surface area contributed by atoms with Crippen LogP contribution in [0.2, 0.25) is 0 Å². The van der Waals surface area contributed by atoms with Crippen molar-refractivity contribution in [1.29, 1.82) is 0 Å². The van der Waals surface area contributed by atoms with Crippen LogP contribution in [0.15, 0.2) is 231 Å². The van der Waals surface area contributed by atoms with Gasteiger partial charge in [0.15, 0.2) is 0 Å². The number of H-pyrrole nitrogens is 2. The Labute approximate surface area is 659 Å². The van der Waals surface area contributed by atoms with Crippen molar-refractivity contribution in [2.75, 3.05) is 22.9 Å². The molecule has 2 N–H and O–H groups in total. The largest absolute Gasteiger partial charge is 0.457 e. The molecule has 6 amide bonds. The highest BCUT2D eigenvalue weighted by atomic mass is 16.5. The zero-order valence-corrected chi connectivity index (χ0v) is 64.3. The van der Waals surface area contributed by atoms with Crippen LogP contribution in [0.5, 0.6) is 46.0 Å². The minimum Gasteiger partial charge on any atom is -0.457 e. The Morgan fingerprint density at radius 3 is 0.895 bits per heavy atom. The zero-order chi connectivity index (χ0) is 78.4. The van der Waals surface area contributed by atoms with Crippen LogP contribution < -0.4 is 28.7 Å². The van der Waals surface area contributed by atoms with Gasteiger partial charge in [0.25, 0.3) is 35.4 Å². The first-order valence-corrected chi connectivity index (χ1v) is 39.5. The van der Waals surface area contributed by atoms with Gasteiger partial charge in [-0.05, 0) is 194 Å². The van der Waals surface area contributed by atoms with Crippen molar-refractivity contribution < 1.29 is 47.7 Å². The third-order valence-electron chi connectivity index (χ3n) is 22.0. The molecule has 18 heteroatoms. The standard InChI is InChI=1S/C96H84N8O10/c1-7-17-57-25-33-67(34-26-57)111-79-53-71-83-72(92(106)103(91(71)105)77(51-63-49-61-21-13-15-23-75(61)99-63)95(109)101(11-5)65-41-45-97-46-42-65)55-81(113-69-37-29-59(19-9-3)30-38-69)87-88-82(114-70-39-31-60(20-10-4)32-40-70)56-74-84-73(54-80(86(90(84)88)85(79)89(83)87)112-68-35-27-58(18-8-2)28-36-68)93(107)104(94(74)108)78(52-64-50-62-22-14-16-24-76(62)100-64)96(110)102(12-6)66-43-47-98-48-44-66/h13-16,21-50,53-56,77-78,99-100H,7-12,17-20,51-52H2,1-6H3. The van der Waals surface area contributed by atoms with Crippen molar-refractivity contribution >= 4 is 112 Å². The number of anilines is 2. The summed E-state index contributed by atoms with van der Waals surface area (Å²) in [7, 11) is 0. The van der Waals surface area contributed by atoms with Crippen LogP contribution in [0.4, 0.5) is 11.4 Å². The van der Waals surface area contributed by atoms with Crippen molar-refractivity contribution in [3.05, 3.63) is 287 Å². The maximum Gasteiger partial charge on any atom is 0.262 e. The number of rotatable bonds is 28. The van der Waals surface area contributed by atoms with Gasteiger partial charge >= 0.3 is 0 Å². The van der Waals surface area contributed by atoms with Gasteiger partial charge in [0, 0.05) is 128 Å². The molecule has 2 unspecified atom stereocenters. The number of nitrogens with zero attached hydrogens (tertiary/aromatic N) is 6. The van der Waals surface area contributed by atoms with Gasteiger partial charge in [0.05, 0.1) is 22.3 Å². The highest BCUT2D eigenvalue weighted by molar-refractivity contribution is 6.45. The van der Waals surface area contributed by atoms with Crippen molar-refractivity contribution in [3.8, 4) is 46.0 Å². The normalized spacial score (nSPS) is 13.3. The van der Waals surface area contributed by atoms with Gasteiger partial charge in [-0.3, -0.25) is 48.5 Å². The average molecular weight is 1510 g/mol. The Morgan fingerprint density at radius 1 is 0.351 bits per heavy atom. The van der Waals surface area contributed by atoms with Crippen LogP contribution in [0.25, 0.3) is 64.9 Å². The Hall–Kier alpha value is -13.5. The number of aromatic nitrogens is 4. The lowest BCUT2D eigenvalue weighted by atomic mass is 9.80. The number of pyridine rings is 2. The third kappa shape index (κ3) is 13.4. The van der Waals surface area contributed by atoms with Crippen molar-refractivity contribution in [2.24, 2.45) is 0 Å². The first-order valence-electron chi connectivity index (χ1n) is 39.5. The molecule has 0 bridgehead atoms. The van der Waals surface area contributed by atoms with E-state index in [1.165, 1.54) is 0 Å². The number of ether oxygens (including phenoxy) is 4. The minimum atomic E-state index is -1.47. The number of carbonyl (C=O) groups excluding carboxylic acids is 6. The molecular weight excluding hydrogens is 1430 g/mol. The summed E-state index contributed by atoms with van der Waals surface area (Å²) in [4.78, 5) is 121. The number of aromatic amines is 2. The van der Waals surface area contributed by atoms with E-state index in [1.807, 2.05) is 172 Å². The fourth-order valence-electron chi connectivity index (χ4n) is 16.8. The van der Waals surface area contributed by atoms with Crippen LogP contribution in [0.1, 0.15) is 142 Å². The molecule has 0 radical (unpaired) electrons. The van der Waals surface area contributed by atoms with Crippen LogP contribution in [-0.2, 0) is 48.1 Å². The molecule has 0 saturated heterocycles. The van der Waals surface area contributed by atoms with Crippen LogP contribution in [-0.4, -0.2) is 90.4 Å². The van der Waals surface area contributed by atoms with E-state index in [9.17, 15) is 0 Å². The Bertz CT molecular complexity index is 5560. The summed E-state index contributed by atoms with van der Waals surface area (Å²) in [6.07, 6.45) is 12.9. The predicted molar refractivity (Wildman–Crippen MR) is 447 cm³/mol. The molecule has 0 fully saturated rings. The summed E-state index contributed by atoms with van der Waals surface area (Å²) in [6.45, 7) is 12.5. The quantitative estimate of drug-likeness (QED) is 0.0267. The lowest BCUT2D eigenvalue weighted by Crippen LogP contribution is -2.56. The second-order valence-corrected chi connectivity index (χ2v) is 29.4. The van der Waals surface area contributed by atoms with Crippen LogP contribution >= 0.6 is 0 Å². The minimum absolute atomic E-state index is 0.0237. The second-order valence-electron chi connectivity index (χ2n) is 29.4. The summed E-state index contributed by atoms with van der Waals surface area (Å²) in [6, 6.07) is 60.8. The number of likely N-dealkylation sites (N-methyl/N-ethyl adjacent to an activating group) is 2. The van der Waals surface area contributed by atoms with Crippen molar-refractivity contribution in [2.45, 2.75) is 118 Å². The summed E-state index contributed by atoms with van der Waals surface area (Å²) < 4.78 is 29.8. The number of para-hydroxylation sites is 2. The molecule has 0 saturated carbocycles. The number of carbonyl (C=O) groups is 6. The smallest absolute Gasteiger partial charge is 0.262 e. The lowest BCUT2D eigenvalue weighted by Gasteiger charge is -2.37. The van der Waals surface area contributed by atoms with E-state index in [0.29, 0.717) is 78.1 Å². The number of aryl methyl sites for hydroxylation is 4. The number of fused-ring (bicyclic) bond motifs is 4. The Morgan fingerprint density at radius 2 is 0.632 bits per heavy atom. The van der Waals surface area contributed by atoms with E-state index in [2.05, 4.69) is 47.6 Å². The van der Waals surface area contributed by atoms with E-state index < -0.39 is 47.5 Å². The number of benzene rings is 11. The maximum absolute atomic E-state index is 17.0. The van der Waals surface area contributed by atoms with Crippen molar-refractivity contribution in [1.82, 2.24) is 29.7 Å². The molecule has 2 atom stereocenters. The highest BCUT2D eigenvalue weighted by Crippen LogP contribution is 2.58. The highest BCUT2D eigenvalue weighted by Gasteiger charge is 2.48. The van der Waals surface area contributed by atoms with Gasteiger partial charge in [0.2, 0.25) is 0 Å². The topological polar surface area (TPSA) is 210 Å². The number of amides is 6. The summed E-state index contributed by atoms with van der Waals surface area (Å²) in [5.41, 5.74) is 8.18. The molecule has 2 aliphatic heterocycles. The lowest BCUT2D eigenvalue weighted by molar-refractivity contribution is -0.123. The third-order valence-corrected chi connectivity index (χ3v) is 22.0.